The van der Waals surface area contributed by atoms with Gasteiger partial charge >= 0.3 is 0 Å². The van der Waals surface area contributed by atoms with Gasteiger partial charge in [-0.3, -0.25) is 4.79 Å². The first-order valence-corrected chi connectivity index (χ1v) is 11.1. The number of amides is 1. The predicted molar refractivity (Wildman–Crippen MR) is 126 cm³/mol. The fourth-order valence-corrected chi connectivity index (χ4v) is 4.52. The Morgan fingerprint density at radius 1 is 1.19 bits per heavy atom. The highest BCUT2D eigenvalue weighted by Gasteiger charge is 2.16. The quantitative estimate of drug-likeness (QED) is 0.356. The molecule has 2 heterocycles. The van der Waals surface area contributed by atoms with Crippen LogP contribution in [-0.2, 0) is 22.4 Å². The minimum absolute atomic E-state index is 0.00965. The summed E-state index contributed by atoms with van der Waals surface area (Å²) in [4.78, 5) is 11.1. The van der Waals surface area contributed by atoms with Crippen molar-refractivity contribution >= 4 is 38.8 Å². The Morgan fingerprint density at radius 3 is 2.81 bits per heavy atom. The number of carbonyl (C=O) groups excluding carboxylic acids is 1. The Kier molecular flexibility index (Phi) is 6.72. The Labute approximate surface area is 189 Å². The Hall–Kier alpha value is -3.36. The lowest BCUT2D eigenvalue weighted by Crippen LogP contribution is -2.13. The van der Waals surface area contributed by atoms with Crippen molar-refractivity contribution in [2.45, 2.75) is 19.3 Å². The van der Waals surface area contributed by atoms with Gasteiger partial charge < -0.3 is 15.8 Å². The van der Waals surface area contributed by atoms with E-state index in [1.165, 1.54) is 11.6 Å². The van der Waals surface area contributed by atoms with E-state index in [-0.39, 0.29) is 12.1 Å². The molecule has 0 fully saturated rings. The van der Waals surface area contributed by atoms with Gasteiger partial charge in [0, 0.05) is 24.7 Å². The molecule has 4 rings (SSSR count). The first-order chi connectivity index (χ1) is 15.6. The number of nitrogens with one attached hydrogen (secondary N) is 1. The van der Waals surface area contributed by atoms with E-state index in [4.69, 9.17) is 10.5 Å². The third kappa shape index (κ3) is 4.76. The number of primary amides is 1. The molecule has 8 heteroatoms. The van der Waals surface area contributed by atoms with Crippen molar-refractivity contribution in [3.05, 3.63) is 70.9 Å². The van der Waals surface area contributed by atoms with E-state index in [1.54, 1.807) is 30.6 Å². The maximum Gasteiger partial charge on any atom is 0.221 e. The third-order valence-corrected chi connectivity index (χ3v) is 6.04. The molecule has 0 radical (unpaired) electrons. The van der Waals surface area contributed by atoms with Gasteiger partial charge in [-0.25, -0.2) is 4.39 Å². The number of anilines is 2. The van der Waals surface area contributed by atoms with Crippen molar-refractivity contribution in [3.8, 4) is 11.3 Å². The number of benzene rings is 2. The molecule has 0 aliphatic heterocycles. The first kappa shape index (κ1) is 21.9. The van der Waals surface area contributed by atoms with Gasteiger partial charge in [-0.1, -0.05) is 30.3 Å². The number of methoxy groups -OCH3 is 1. The van der Waals surface area contributed by atoms with Crippen LogP contribution in [0.25, 0.3) is 21.3 Å². The highest BCUT2D eigenvalue weighted by atomic mass is 32.1. The topological polar surface area (TPSA) is 90.1 Å². The van der Waals surface area contributed by atoms with E-state index in [9.17, 15) is 9.18 Å². The van der Waals surface area contributed by atoms with Crippen LogP contribution in [0.15, 0.2) is 53.9 Å². The number of aromatic nitrogens is 2. The standard InChI is InChI=1S/C24H23FN4O2S/c1-31-11-4-6-16-5-2-3-7-17(16)22-23-18(10-12-32-23)24(29-28-22)27-20-9-8-15(13-19(20)25)14-21(26)30/h2-3,5,7-10,12-13H,4,6,11,14H2,1H3,(H2,26,30)(H,27,29). The first-order valence-electron chi connectivity index (χ1n) is 10.2. The summed E-state index contributed by atoms with van der Waals surface area (Å²) in [6.07, 6.45) is 1.78. The second-order valence-electron chi connectivity index (χ2n) is 7.40. The minimum Gasteiger partial charge on any atom is -0.385 e. The molecular formula is C24H23FN4O2S. The molecule has 1 amide bonds. The summed E-state index contributed by atoms with van der Waals surface area (Å²) in [6, 6.07) is 14.7. The van der Waals surface area contributed by atoms with E-state index >= 15 is 0 Å². The van der Waals surface area contributed by atoms with Gasteiger partial charge in [0.25, 0.3) is 0 Å². The van der Waals surface area contributed by atoms with Gasteiger partial charge in [0.15, 0.2) is 5.82 Å². The second kappa shape index (κ2) is 9.84. The molecule has 164 valence electrons. The molecule has 2 aromatic carbocycles. The van der Waals surface area contributed by atoms with Crippen LogP contribution in [0.2, 0.25) is 0 Å². The second-order valence-corrected chi connectivity index (χ2v) is 8.31. The Balaban J connectivity index is 1.67. The summed E-state index contributed by atoms with van der Waals surface area (Å²) >= 11 is 1.57. The number of carbonyl (C=O) groups is 1. The average molecular weight is 451 g/mol. The molecule has 0 unspecified atom stereocenters. The molecule has 0 saturated heterocycles. The number of thiophene rings is 1. The maximum absolute atomic E-state index is 14.6. The minimum atomic E-state index is -0.506. The smallest absolute Gasteiger partial charge is 0.221 e. The molecule has 0 atom stereocenters. The van der Waals surface area contributed by atoms with Crippen molar-refractivity contribution in [1.82, 2.24) is 10.2 Å². The zero-order chi connectivity index (χ0) is 22.5. The molecule has 32 heavy (non-hydrogen) atoms. The molecular weight excluding hydrogens is 427 g/mol. The summed E-state index contributed by atoms with van der Waals surface area (Å²) in [7, 11) is 1.70. The summed E-state index contributed by atoms with van der Waals surface area (Å²) in [5.74, 6) is -0.515. The zero-order valence-corrected chi connectivity index (χ0v) is 18.4. The normalized spacial score (nSPS) is 11.1. The third-order valence-electron chi connectivity index (χ3n) is 5.12. The number of rotatable bonds is 9. The summed E-state index contributed by atoms with van der Waals surface area (Å²) < 4.78 is 20.8. The number of nitrogens with two attached hydrogens (primary N) is 1. The maximum atomic E-state index is 14.6. The largest absolute Gasteiger partial charge is 0.385 e. The number of fused-ring (bicyclic) bond motifs is 1. The van der Waals surface area contributed by atoms with Gasteiger partial charge in [0.1, 0.15) is 11.5 Å². The fraction of sp³-hybridized carbons (Fsp3) is 0.208. The van der Waals surface area contributed by atoms with Crippen molar-refractivity contribution in [2.75, 3.05) is 19.0 Å². The summed E-state index contributed by atoms with van der Waals surface area (Å²) in [6.45, 7) is 0.696. The number of ether oxygens (including phenoxy) is 1. The van der Waals surface area contributed by atoms with Crippen LogP contribution in [0.5, 0.6) is 0 Å². The number of halogens is 1. The molecule has 4 aromatic rings. The molecule has 0 spiro atoms. The molecule has 0 aliphatic carbocycles. The van der Waals surface area contributed by atoms with Gasteiger partial charge in [0.2, 0.25) is 5.91 Å². The summed E-state index contributed by atoms with van der Waals surface area (Å²) in [5.41, 5.74) is 9.01. The van der Waals surface area contributed by atoms with Crippen LogP contribution in [0.3, 0.4) is 0 Å². The lowest BCUT2D eigenvalue weighted by molar-refractivity contribution is -0.117. The SMILES string of the molecule is COCCCc1ccccc1-c1nnc(Nc2ccc(CC(N)=O)cc2F)c2ccsc12. The van der Waals surface area contributed by atoms with E-state index in [0.29, 0.717) is 18.0 Å². The van der Waals surface area contributed by atoms with Gasteiger partial charge in [-0.05, 0) is 47.5 Å². The molecule has 6 nitrogen and oxygen atoms in total. The van der Waals surface area contributed by atoms with Crippen LogP contribution in [-0.4, -0.2) is 29.8 Å². The molecule has 0 saturated carbocycles. The van der Waals surface area contributed by atoms with Crippen molar-refractivity contribution in [1.29, 1.82) is 0 Å². The zero-order valence-electron chi connectivity index (χ0n) is 17.6. The van der Waals surface area contributed by atoms with Crippen LogP contribution >= 0.6 is 11.3 Å². The lowest BCUT2D eigenvalue weighted by atomic mass is 10.00. The van der Waals surface area contributed by atoms with Gasteiger partial charge in [-0.2, -0.15) is 0 Å². The van der Waals surface area contributed by atoms with Gasteiger partial charge in [-0.15, -0.1) is 21.5 Å². The number of hydrogen-bond donors (Lipinski definition) is 2. The monoisotopic (exact) mass is 450 g/mol. The van der Waals surface area contributed by atoms with E-state index in [1.807, 2.05) is 23.6 Å². The molecule has 0 bridgehead atoms. The van der Waals surface area contributed by atoms with E-state index in [2.05, 4.69) is 27.6 Å². The van der Waals surface area contributed by atoms with E-state index in [0.717, 1.165) is 34.2 Å². The highest BCUT2D eigenvalue weighted by molar-refractivity contribution is 7.17. The van der Waals surface area contributed by atoms with Gasteiger partial charge in [0.05, 0.1) is 16.8 Å². The van der Waals surface area contributed by atoms with E-state index < -0.39 is 11.7 Å². The van der Waals surface area contributed by atoms with Crippen LogP contribution in [0.4, 0.5) is 15.9 Å². The highest BCUT2D eigenvalue weighted by Crippen LogP contribution is 2.36. The number of hydrogen-bond acceptors (Lipinski definition) is 6. The summed E-state index contributed by atoms with van der Waals surface area (Å²) in [5, 5.41) is 14.8. The molecule has 0 aliphatic rings. The van der Waals surface area contributed by atoms with Crippen molar-refractivity contribution in [3.63, 3.8) is 0 Å². The molecule has 2 aromatic heterocycles. The van der Waals surface area contributed by atoms with Crippen LogP contribution in [0.1, 0.15) is 17.5 Å². The fourth-order valence-electron chi connectivity index (χ4n) is 3.62. The Morgan fingerprint density at radius 2 is 2.03 bits per heavy atom. The number of aryl methyl sites for hydroxylation is 1. The number of nitrogens with zero attached hydrogens (tertiary/aromatic N) is 2. The van der Waals surface area contributed by atoms with Crippen molar-refractivity contribution in [2.24, 2.45) is 5.73 Å². The lowest BCUT2D eigenvalue weighted by Gasteiger charge is -2.12. The average Bonchev–Trinajstić information content (AvgIpc) is 3.26. The predicted octanol–water partition coefficient (Wildman–Crippen LogP) is 4.85. The molecule has 3 N–H and O–H groups in total. The van der Waals surface area contributed by atoms with Crippen LogP contribution in [0, 0.1) is 5.82 Å². The van der Waals surface area contributed by atoms with Crippen molar-refractivity contribution < 1.29 is 13.9 Å². The van der Waals surface area contributed by atoms with Crippen LogP contribution < -0.4 is 11.1 Å². The Bertz CT molecular complexity index is 1260.